The van der Waals surface area contributed by atoms with Gasteiger partial charge in [0.1, 0.15) is 0 Å². The highest BCUT2D eigenvalue weighted by Gasteiger charge is 2.40. The number of carbonyl (C=O) groups is 1. The van der Waals surface area contributed by atoms with Gasteiger partial charge in [-0.15, -0.1) is 0 Å². The number of carbonyl (C=O) groups excluding carboxylic acids is 1. The van der Waals surface area contributed by atoms with Crippen LogP contribution in [0.4, 0.5) is 0 Å². The average Bonchev–Trinajstić information content (AvgIpc) is 3.27. The third-order valence-corrected chi connectivity index (χ3v) is 5.33. The van der Waals surface area contributed by atoms with Gasteiger partial charge >= 0.3 is 0 Å². The minimum Gasteiger partial charge on any atom is -0.352 e. The third kappa shape index (κ3) is 4.91. The number of hydrogen-bond donors (Lipinski definition) is 1. The number of nitrogens with one attached hydrogen (secondary N) is 1. The molecule has 1 aliphatic heterocycles. The Balaban J connectivity index is 1.40. The van der Waals surface area contributed by atoms with Gasteiger partial charge < -0.3 is 14.8 Å². The van der Waals surface area contributed by atoms with Crippen molar-refractivity contribution >= 4 is 5.91 Å². The van der Waals surface area contributed by atoms with Crippen molar-refractivity contribution in [3.8, 4) is 0 Å². The van der Waals surface area contributed by atoms with E-state index in [4.69, 9.17) is 9.47 Å². The van der Waals surface area contributed by atoms with Gasteiger partial charge in [-0.3, -0.25) is 9.69 Å². The number of hydrogen-bond acceptors (Lipinski definition) is 4. The minimum absolute atomic E-state index is 0.190. The monoisotopic (exact) mass is 324 g/mol. The molecular formula is C18H32N2O3. The van der Waals surface area contributed by atoms with E-state index in [1.54, 1.807) is 0 Å². The van der Waals surface area contributed by atoms with E-state index in [9.17, 15) is 4.79 Å². The fourth-order valence-corrected chi connectivity index (χ4v) is 3.70. The van der Waals surface area contributed by atoms with Crippen LogP contribution in [0.25, 0.3) is 0 Å². The summed E-state index contributed by atoms with van der Waals surface area (Å²) in [7, 11) is 0. The number of rotatable bonds is 7. The molecule has 0 aromatic carbocycles. The Morgan fingerprint density at radius 1 is 1.17 bits per heavy atom. The molecule has 0 unspecified atom stereocenters. The molecule has 3 aliphatic rings. The molecule has 0 aromatic heterocycles. The van der Waals surface area contributed by atoms with E-state index in [0.717, 1.165) is 32.2 Å². The molecule has 0 aromatic rings. The van der Waals surface area contributed by atoms with Gasteiger partial charge in [0.15, 0.2) is 5.79 Å². The largest absolute Gasteiger partial charge is 0.352 e. The van der Waals surface area contributed by atoms with Crippen LogP contribution in [-0.2, 0) is 14.3 Å². The lowest BCUT2D eigenvalue weighted by atomic mass is 9.90. The smallest absolute Gasteiger partial charge is 0.234 e. The van der Waals surface area contributed by atoms with Crippen molar-refractivity contribution in [3.05, 3.63) is 0 Å². The van der Waals surface area contributed by atoms with E-state index in [2.05, 4.69) is 24.1 Å². The van der Waals surface area contributed by atoms with E-state index >= 15 is 0 Å². The lowest BCUT2D eigenvalue weighted by Crippen LogP contribution is -2.47. The van der Waals surface area contributed by atoms with Crippen molar-refractivity contribution in [2.24, 2.45) is 5.92 Å². The van der Waals surface area contributed by atoms with Crippen LogP contribution in [0.1, 0.15) is 58.8 Å². The highest BCUT2D eigenvalue weighted by molar-refractivity contribution is 5.78. The van der Waals surface area contributed by atoms with Crippen molar-refractivity contribution in [2.45, 2.75) is 76.7 Å². The van der Waals surface area contributed by atoms with Crippen molar-refractivity contribution in [1.29, 1.82) is 0 Å². The molecule has 0 bridgehead atoms. The van der Waals surface area contributed by atoms with Gasteiger partial charge in [-0.25, -0.2) is 0 Å². The maximum atomic E-state index is 12.4. The van der Waals surface area contributed by atoms with Crippen LogP contribution in [0.2, 0.25) is 0 Å². The Morgan fingerprint density at radius 2 is 1.83 bits per heavy atom. The first-order chi connectivity index (χ1) is 11.1. The summed E-state index contributed by atoms with van der Waals surface area (Å²) in [6.45, 7) is 7.52. The van der Waals surface area contributed by atoms with Crippen LogP contribution in [0.3, 0.4) is 0 Å². The molecule has 0 atom stereocenters. The summed E-state index contributed by atoms with van der Waals surface area (Å²) in [5.74, 6) is 0.550. The van der Waals surface area contributed by atoms with Gasteiger partial charge in [0.25, 0.3) is 0 Å². The number of nitrogens with zero attached hydrogens (tertiary/aromatic N) is 1. The highest BCUT2D eigenvalue weighted by atomic mass is 16.7. The SMILES string of the molecule is CC(C)CCN(CC(=O)NC1CCC2(CC1)OCCO2)C1CC1. The molecule has 2 aliphatic carbocycles. The molecule has 5 heteroatoms. The first-order valence-corrected chi connectivity index (χ1v) is 9.38. The van der Waals surface area contributed by atoms with Crippen LogP contribution in [0.5, 0.6) is 0 Å². The Hall–Kier alpha value is -0.650. The molecular weight excluding hydrogens is 292 g/mol. The van der Waals surface area contributed by atoms with Gasteiger partial charge in [0.2, 0.25) is 5.91 Å². The van der Waals surface area contributed by atoms with Gasteiger partial charge in [-0.05, 0) is 44.6 Å². The van der Waals surface area contributed by atoms with Crippen LogP contribution in [-0.4, -0.2) is 55.0 Å². The van der Waals surface area contributed by atoms with Crippen LogP contribution in [0, 0.1) is 5.92 Å². The molecule has 1 amide bonds. The standard InChI is InChI=1S/C18H32N2O3/c1-14(2)7-10-20(16-3-4-16)13-17(21)19-15-5-8-18(9-6-15)22-11-12-23-18/h14-16H,3-13H2,1-2H3,(H,19,21). The summed E-state index contributed by atoms with van der Waals surface area (Å²) < 4.78 is 11.5. The summed E-state index contributed by atoms with van der Waals surface area (Å²) in [4.78, 5) is 14.8. The van der Waals surface area contributed by atoms with Gasteiger partial charge in [-0.1, -0.05) is 13.8 Å². The van der Waals surface area contributed by atoms with Crippen LogP contribution >= 0.6 is 0 Å². The second-order valence-corrected chi connectivity index (χ2v) is 7.83. The number of amides is 1. The molecule has 1 heterocycles. The van der Waals surface area contributed by atoms with Crippen LogP contribution < -0.4 is 5.32 Å². The predicted molar refractivity (Wildman–Crippen MR) is 89.1 cm³/mol. The minimum atomic E-state index is -0.335. The van der Waals surface area contributed by atoms with Gasteiger partial charge in [0.05, 0.1) is 19.8 Å². The van der Waals surface area contributed by atoms with Crippen LogP contribution in [0.15, 0.2) is 0 Å². The molecule has 3 fully saturated rings. The second kappa shape index (κ2) is 7.49. The Labute approximate surface area is 140 Å². The molecule has 0 radical (unpaired) electrons. The Morgan fingerprint density at radius 3 is 2.39 bits per heavy atom. The average molecular weight is 324 g/mol. The maximum Gasteiger partial charge on any atom is 0.234 e. The highest BCUT2D eigenvalue weighted by Crippen LogP contribution is 2.35. The summed E-state index contributed by atoms with van der Waals surface area (Å²) in [5, 5.41) is 3.23. The molecule has 1 spiro atoms. The van der Waals surface area contributed by atoms with E-state index in [-0.39, 0.29) is 17.7 Å². The quantitative estimate of drug-likeness (QED) is 0.781. The zero-order valence-corrected chi connectivity index (χ0v) is 14.7. The first-order valence-electron chi connectivity index (χ1n) is 9.38. The van der Waals surface area contributed by atoms with Gasteiger partial charge in [0, 0.05) is 24.9 Å². The van der Waals surface area contributed by atoms with E-state index in [0.29, 0.717) is 31.7 Å². The van der Waals surface area contributed by atoms with Gasteiger partial charge in [-0.2, -0.15) is 0 Å². The third-order valence-electron chi connectivity index (χ3n) is 5.33. The molecule has 5 nitrogen and oxygen atoms in total. The molecule has 2 saturated carbocycles. The van der Waals surface area contributed by atoms with E-state index < -0.39 is 0 Å². The molecule has 1 saturated heterocycles. The Kier molecular flexibility index (Phi) is 5.60. The lowest BCUT2D eigenvalue weighted by Gasteiger charge is -2.35. The zero-order valence-electron chi connectivity index (χ0n) is 14.7. The Bertz CT molecular complexity index is 393. The summed E-state index contributed by atoms with van der Waals surface area (Å²) >= 11 is 0. The fraction of sp³-hybridized carbons (Fsp3) is 0.944. The first kappa shape index (κ1) is 17.2. The topological polar surface area (TPSA) is 50.8 Å². The second-order valence-electron chi connectivity index (χ2n) is 7.83. The lowest BCUT2D eigenvalue weighted by molar-refractivity contribution is -0.180. The maximum absolute atomic E-state index is 12.4. The molecule has 132 valence electrons. The summed E-state index contributed by atoms with van der Waals surface area (Å²) in [6, 6.07) is 0.932. The van der Waals surface area contributed by atoms with E-state index in [1.165, 1.54) is 19.3 Å². The molecule has 3 rings (SSSR count). The van der Waals surface area contributed by atoms with Crippen molar-refractivity contribution in [1.82, 2.24) is 10.2 Å². The van der Waals surface area contributed by atoms with Crippen molar-refractivity contribution in [3.63, 3.8) is 0 Å². The van der Waals surface area contributed by atoms with E-state index in [1.807, 2.05) is 0 Å². The summed E-state index contributed by atoms with van der Waals surface area (Å²) in [6.07, 6.45) is 7.40. The number of ether oxygens (including phenoxy) is 2. The van der Waals surface area contributed by atoms with Crippen molar-refractivity contribution < 1.29 is 14.3 Å². The summed E-state index contributed by atoms with van der Waals surface area (Å²) in [5.41, 5.74) is 0. The zero-order chi connectivity index (χ0) is 16.3. The molecule has 23 heavy (non-hydrogen) atoms. The normalized spacial score (nSPS) is 24.7. The molecule has 1 N–H and O–H groups in total. The predicted octanol–water partition coefficient (Wildman–Crippen LogP) is 2.30. The fourth-order valence-electron chi connectivity index (χ4n) is 3.70. The van der Waals surface area contributed by atoms with Crippen molar-refractivity contribution in [2.75, 3.05) is 26.3 Å².